The van der Waals surface area contributed by atoms with E-state index in [1.165, 1.54) is 0 Å². The molecule has 0 spiro atoms. The van der Waals surface area contributed by atoms with Crippen molar-refractivity contribution < 1.29 is 9.32 Å². The first kappa shape index (κ1) is 12.7. The lowest BCUT2D eigenvalue weighted by Gasteiger charge is -1.98. The lowest BCUT2D eigenvalue weighted by atomic mass is 10.1. The summed E-state index contributed by atoms with van der Waals surface area (Å²) < 4.78 is 5.19. The summed E-state index contributed by atoms with van der Waals surface area (Å²) in [6, 6.07) is 7.53. The van der Waals surface area contributed by atoms with Gasteiger partial charge in [-0.25, -0.2) is 0 Å². The molecule has 4 nitrogen and oxygen atoms in total. The van der Waals surface area contributed by atoms with E-state index in [1.807, 2.05) is 24.3 Å². The van der Waals surface area contributed by atoms with Crippen LogP contribution in [0, 0.1) is 0 Å². The molecule has 1 fully saturated rings. The number of thioether (sulfide) groups is 1. The van der Waals surface area contributed by atoms with Crippen LogP contribution in [-0.2, 0) is 11.2 Å². The molecule has 1 aliphatic rings. The van der Waals surface area contributed by atoms with Crippen LogP contribution in [0.25, 0.3) is 0 Å². The molecule has 1 saturated heterocycles. The molecule has 0 bridgehead atoms. The van der Waals surface area contributed by atoms with Crippen LogP contribution in [0.5, 0.6) is 0 Å². The van der Waals surface area contributed by atoms with Crippen molar-refractivity contribution in [1.29, 1.82) is 0 Å². The lowest BCUT2D eigenvalue weighted by molar-refractivity contribution is -0.117. The van der Waals surface area contributed by atoms with Crippen LogP contribution in [-0.4, -0.2) is 27.4 Å². The zero-order valence-corrected chi connectivity index (χ0v) is 11.6. The lowest BCUT2D eigenvalue weighted by Crippen LogP contribution is -2.09. The van der Waals surface area contributed by atoms with Gasteiger partial charge in [-0.3, -0.25) is 4.79 Å². The van der Waals surface area contributed by atoms with Crippen LogP contribution >= 0.6 is 23.4 Å². The van der Waals surface area contributed by atoms with Crippen molar-refractivity contribution >= 4 is 29.1 Å². The van der Waals surface area contributed by atoms with Crippen LogP contribution in [0.2, 0.25) is 5.02 Å². The van der Waals surface area contributed by atoms with E-state index in [4.69, 9.17) is 16.1 Å². The van der Waals surface area contributed by atoms with Crippen molar-refractivity contribution in [3.63, 3.8) is 0 Å². The van der Waals surface area contributed by atoms with E-state index >= 15 is 0 Å². The number of hydrogen-bond acceptors (Lipinski definition) is 5. The molecular formula is C13H11ClN2O2S. The van der Waals surface area contributed by atoms with Crippen LogP contribution in [0.1, 0.15) is 23.2 Å². The zero-order valence-electron chi connectivity index (χ0n) is 10.0. The number of Topliss-reactive ketones (excluding diaryl/α,β-unsaturated/α-hetero) is 1. The molecule has 0 radical (unpaired) electrons. The summed E-state index contributed by atoms with van der Waals surface area (Å²) >= 11 is 7.53. The van der Waals surface area contributed by atoms with E-state index in [9.17, 15) is 4.79 Å². The maximum absolute atomic E-state index is 11.6. The SMILES string of the molecule is O=C1CSCC1c1nc(Cc2cccc(Cl)c2)no1. The number of ketones is 1. The summed E-state index contributed by atoms with van der Waals surface area (Å²) in [6.07, 6.45) is 0.554. The highest BCUT2D eigenvalue weighted by Crippen LogP contribution is 2.28. The van der Waals surface area contributed by atoms with Crippen molar-refractivity contribution in [2.45, 2.75) is 12.3 Å². The Kier molecular flexibility index (Phi) is 3.57. The molecule has 98 valence electrons. The van der Waals surface area contributed by atoms with E-state index in [-0.39, 0.29) is 11.7 Å². The van der Waals surface area contributed by atoms with Gasteiger partial charge in [-0.05, 0) is 17.7 Å². The molecule has 1 atom stereocenters. The van der Waals surface area contributed by atoms with Crippen molar-refractivity contribution in [1.82, 2.24) is 10.1 Å². The second-order valence-electron chi connectivity index (χ2n) is 4.39. The predicted octanol–water partition coefficient (Wildman–Crippen LogP) is 2.71. The van der Waals surface area contributed by atoms with Gasteiger partial charge in [-0.2, -0.15) is 16.7 Å². The molecular weight excluding hydrogens is 284 g/mol. The van der Waals surface area contributed by atoms with Crippen LogP contribution in [0.15, 0.2) is 28.8 Å². The Bertz CT molecular complexity index is 614. The molecule has 1 unspecified atom stereocenters. The van der Waals surface area contributed by atoms with Gasteiger partial charge in [0.2, 0.25) is 5.89 Å². The van der Waals surface area contributed by atoms with E-state index in [0.717, 1.165) is 11.3 Å². The van der Waals surface area contributed by atoms with Crippen molar-refractivity contribution in [3.05, 3.63) is 46.6 Å². The van der Waals surface area contributed by atoms with Gasteiger partial charge in [0.05, 0.1) is 5.75 Å². The molecule has 0 N–H and O–H groups in total. The number of halogens is 1. The van der Waals surface area contributed by atoms with Gasteiger partial charge in [0, 0.05) is 17.2 Å². The molecule has 6 heteroatoms. The van der Waals surface area contributed by atoms with Gasteiger partial charge >= 0.3 is 0 Å². The summed E-state index contributed by atoms with van der Waals surface area (Å²) in [6.45, 7) is 0. The Morgan fingerprint density at radius 3 is 3.11 bits per heavy atom. The number of hydrogen-bond donors (Lipinski definition) is 0. The van der Waals surface area contributed by atoms with Gasteiger partial charge < -0.3 is 4.52 Å². The second kappa shape index (κ2) is 5.35. The van der Waals surface area contributed by atoms with E-state index in [1.54, 1.807) is 11.8 Å². The van der Waals surface area contributed by atoms with Gasteiger partial charge in [-0.1, -0.05) is 28.9 Å². The normalized spacial score (nSPS) is 19.0. The first-order chi connectivity index (χ1) is 9.22. The molecule has 0 saturated carbocycles. The molecule has 0 aliphatic carbocycles. The monoisotopic (exact) mass is 294 g/mol. The number of carbonyl (C=O) groups excluding carboxylic acids is 1. The standard InChI is InChI=1S/C13H11ClN2O2S/c14-9-3-1-2-8(4-9)5-12-15-13(18-16-12)10-6-19-7-11(10)17/h1-4,10H,5-7H2. The van der Waals surface area contributed by atoms with Crippen molar-refractivity contribution in [2.24, 2.45) is 0 Å². The average Bonchev–Trinajstić information content (AvgIpc) is 2.98. The van der Waals surface area contributed by atoms with Crippen molar-refractivity contribution in [3.8, 4) is 0 Å². The summed E-state index contributed by atoms with van der Waals surface area (Å²) in [5, 5.41) is 4.61. The summed E-state index contributed by atoms with van der Waals surface area (Å²) in [4.78, 5) is 15.9. The van der Waals surface area contributed by atoms with Gasteiger partial charge in [-0.15, -0.1) is 0 Å². The van der Waals surface area contributed by atoms with E-state index < -0.39 is 0 Å². The van der Waals surface area contributed by atoms with Gasteiger partial charge in [0.15, 0.2) is 11.6 Å². The molecule has 1 aromatic heterocycles. The Morgan fingerprint density at radius 2 is 2.37 bits per heavy atom. The molecule has 3 rings (SSSR count). The Balaban J connectivity index is 1.76. The number of aromatic nitrogens is 2. The number of benzene rings is 1. The predicted molar refractivity (Wildman–Crippen MR) is 73.6 cm³/mol. The number of nitrogens with zero attached hydrogens (tertiary/aromatic N) is 2. The summed E-state index contributed by atoms with van der Waals surface area (Å²) in [5.41, 5.74) is 1.02. The Morgan fingerprint density at radius 1 is 1.47 bits per heavy atom. The largest absolute Gasteiger partial charge is 0.339 e. The number of carbonyl (C=O) groups is 1. The fraction of sp³-hybridized carbons (Fsp3) is 0.308. The summed E-state index contributed by atoms with van der Waals surface area (Å²) in [5.74, 6) is 2.23. The average molecular weight is 295 g/mol. The molecule has 0 amide bonds. The second-order valence-corrected chi connectivity index (χ2v) is 5.86. The topological polar surface area (TPSA) is 56.0 Å². The van der Waals surface area contributed by atoms with Crippen molar-refractivity contribution in [2.75, 3.05) is 11.5 Å². The van der Waals surface area contributed by atoms with Crippen LogP contribution in [0.3, 0.4) is 0 Å². The van der Waals surface area contributed by atoms with Crippen LogP contribution < -0.4 is 0 Å². The van der Waals surface area contributed by atoms with Gasteiger partial charge in [0.25, 0.3) is 0 Å². The highest BCUT2D eigenvalue weighted by molar-refractivity contribution is 8.00. The minimum absolute atomic E-state index is 0.169. The van der Waals surface area contributed by atoms with E-state index in [0.29, 0.717) is 28.9 Å². The third kappa shape index (κ3) is 2.82. The molecule has 2 heterocycles. The third-order valence-electron chi connectivity index (χ3n) is 2.95. The fourth-order valence-electron chi connectivity index (χ4n) is 1.99. The molecule has 1 aliphatic heterocycles. The molecule has 1 aromatic carbocycles. The highest BCUT2D eigenvalue weighted by Gasteiger charge is 2.31. The third-order valence-corrected chi connectivity index (χ3v) is 4.24. The minimum atomic E-state index is -0.231. The van der Waals surface area contributed by atoms with Crippen LogP contribution in [0.4, 0.5) is 0 Å². The zero-order chi connectivity index (χ0) is 13.2. The quantitative estimate of drug-likeness (QED) is 0.871. The first-order valence-electron chi connectivity index (χ1n) is 5.90. The fourth-order valence-corrected chi connectivity index (χ4v) is 3.29. The Hall–Kier alpha value is -1.33. The highest BCUT2D eigenvalue weighted by atomic mass is 35.5. The smallest absolute Gasteiger partial charge is 0.238 e. The maximum Gasteiger partial charge on any atom is 0.238 e. The maximum atomic E-state index is 11.6. The minimum Gasteiger partial charge on any atom is -0.339 e. The molecule has 19 heavy (non-hydrogen) atoms. The Labute approximate surface area is 119 Å². The van der Waals surface area contributed by atoms with E-state index in [2.05, 4.69) is 10.1 Å². The molecule has 2 aromatic rings. The summed E-state index contributed by atoms with van der Waals surface area (Å²) in [7, 11) is 0. The number of rotatable bonds is 3. The van der Waals surface area contributed by atoms with Gasteiger partial charge in [0.1, 0.15) is 5.92 Å². The first-order valence-corrected chi connectivity index (χ1v) is 7.43.